The summed E-state index contributed by atoms with van der Waals surface area (Å²) in [7, 11) is 0. The Morgan fingerprint density at radius 2 is 1.94 bits per heavy atom. The number of aryl methyl sites for hydroxylation is 1. The van der Waals surface area contributed by atoms with Gasteiger partial charge in [-0.05, 0) is 37.7 Å². The predicted molar refractivity (Wildman–Crippen MR) is 134 cm³/mol. The molecule has 8 heteroatoms. The molecule has 2 aliphatic heterocycles. The van der Waals surface area contributed by atoms with Crippen LogP contribution in [-0.4, -0.2) is 34.2 Å². The van der Waals surface area contributed by atoms with E-state index in [1.54, 1.807) is 0 Å². The highest BCUT2D eigenvalue weighted by Gasteiger charge is 2.38. The van der Waals surface area contributed by atoms with Crippen molar-refractivity contribution in [3.8, 4) is 0 Å². The zero-order valence-corrected chi connectivity index (χ0v) is 20.4. The third-order valence-corrected chi connectivity index (χ3v) is 6.83. The lowest BCUT2D eigenvalue weighted by Gasteiger charge is -2.25. The number of aromatic nitrogens is 2. The fraction of sp³-hybridized carbons (Fsp3) is 0.480. The first-order valence-corrected chi connectivity index (χ1v) is 12.5. The second kappa shape index (κ2) is 10.4. The van der Waals surface area contributed by atoms with E-state index in [0.29, 0.717) is 17.5 Å². The van der Waals surface area contributed by atoms with Crippen molar-refractivity contribution in [3.63, 3.8) is 0 Å². The molecule has 1 atom stereocenters. The van der Waals surface area contributed by atoms with Crippen LogP contribution in [0.15, 0.2) is 52.3 Å². The van der Waals surface area contributed by atoms with Gasteiger partial charge in [0.2, 0.25) is 5.01 Å². The van der Waals surface area contributed by atoms with Crippen LogP contribution in [0.5, 0.6) is 0 Å². The standard InChI is InChI=1S/C25H32N6OS/c1-17(2)16-26-22(32)23-30-29-21(33-23)12-8-7-11-19-14-25(3)15-20(27-24(25)31-28-19)13-18-9-5-4-6-10-18/h4-6,9-10,15,17H,7-8,11-14,16H2,1-3H3,(H,26,32)(H,27,31). The van der Waals surface area contributed by atoms with Crippen LogP contribution in [0, 0.1) is 11.3 Å². The van der Waals surface area contributed by atoms with Gasteiger partial charge in [0.05, 0.1) is 5.41 Å². The quantitative estimate of drug-likeness (QED) is 0.505. The van der Waals surface area contributed by atoms with Crippen LogP contribution < -0.4 is 10.6 Å². The first-order valence-electron chi connectivity index (χ1n) is 11.7. The molecule has 33 heavy (non-hydrogen) atoms. The van der Waals surface area contributed by atoms with Gasteiger partial charge in [-0.1, -0.05) is 61.6 Å². The molecule has 2 N–H and O–H groups in total. The number of nitrogens with zero attached hydrogens (tertiary/aromatic N) is 4. The molecule has 0 saturated heterocycles. The number of amides is 1. The highest BCUT2D eigenvalue weighted by atomic mass is 32.1. The second-order valence-electron chi connectivity index (χ2n) is 9.48. The zero-order chi connectivity index (χ0) is 23.3. The number of benzene rings is 1. The third-order valence-electron chi connectivity index (χ3n) is 5.85. The number of amidine groups is 1. The van der Waals surface area contributed by atoms with E-state index in [0.717, 1.165) is 55.1 Å². The normalized spacial score (nSPS) is 19.5. The largest absolute Gasteiger partial charge is 0.350 e. The Balaban J connectivity index is 1.23. The Bertz CT molecular complexity index is 1070. The molecule has 3 heterocycles. The van der Waals surface area contributed by atoms with Gasteiger partial charge in [-0.15, -0.1) is 15.3 Å². The van der Waals surface area contributed by atoms with Crippen molar-refractivity contribution in [2.24, 2.45) is 21.5 Å². The van der Waals surface area contributed by atoms with Crippen molar-refractivity contribution in [1.82, 2.24) is 20.8 Å². The van der Waals surface area contributed by atoms with E-state index in [1.807, 2.05) is 6.07 Å². The summed E-state index contributed by atoms with van der Waals surface area (Å²) >= 11 is 1.39. The molecule has 0 spiro atoms. The highest BCUT2D eigenvalue weighted by molar-refractivity contribution is 7.13. The summed E-state index contributed by atoms with van der Waals surface area (Å²) < 4.78 is 0. The maximum absolute atomic E-state index is 12.1. The number of unbranched alkanes of at least 4 members (excludes halogenated alkanes) is 1. The molecular formula is C25H32N6OS. The van der Waals surface area contributed by atoms with Crippen molar-refractivity contribution < 1.29 is 4.79 Å². The highest BCUT2D eigenvalue weighted by Crippen LogP contribution is 2.35. The van der Waals surface area contributed by atoms with Crippen LogP contribution in [0.1, 0.15) is 66.8 Å². The summed E-state index contributed by atoms with van der Waals surface area (Å²) in [5.41, 5.74) is 3.53. The first-order chi connectivity index (χ1) is 15.9. The van der Waals surface area contributed by atoms with Crippen molar-refractivity contribution in [3.05, 3.63) is 57.7 Å². The average Bonchev–Trinajstić information content (AvgIpc) is 3.39. The minimum Gasteiger partial charge on any atom is -0.350 e. The molecule has 1 aromatic heterocycles. The molecule has 0 radical (unpaired) electrons. The van der Waals surface area contributed by atoms with Crippen LogP contribution >= 0.6 is 11.3 Å². The molecule has 0 fully saturated rings. The lowest BCUT2D eigenvalue weighted by atomic mass is 9.82. The summed E-state index contributed by atoms with van der Waals surface area (Å²) in [6, 6.07) is 10.5. The van der Waals surface area contributed by atoms with Gasteiger partial charge in [-0.3, -0.25) is 4.79 Å². The molecule has 1 unspecified atom stereocenters. The number of allylic oxidation sites excluding steroid dienone is 1. The summed E-state index contributed by atoms with van der Waals surface area (Å²) in [5, 5.41) is 25.0. The van der Waals surface area contributed by atoms with Crippen LogP contribution in [0.2, 0.25) is 0 Å². The summed E-state index contributed by atoms with van der Waals surface area (Å²) in [6.45, 7) is 7.02. The van der Waals surface area contributed by atoms with Crippen LogP contribution in [0.25, 0.3) is 0 Å². The van der Waals surface area contributed by atoms with Crippen LogP contribution in [0.3, 0.4) is 0 Å². The molecule has 1 aromatic carbocycles. The number of carbonyl (C=O) groups is 1. The minimum absolute atomic E-state index is 0.0985. The Labute approximate surface area is 199 Å². The summed E-state index contributed by atoms with van der Waals surface area (Å²) in [6.07, 6.45) is 7.86. The molecule has 2 aliphatic rings. The molecule has 0 aliphatic carbocycles. The van der Waals surface area contributed by atoms with Gasteiger partial charge in [0.25, 0.3) is 5.91 Å². The molecule has 1 amide bonds. The minimum atomic E-state index is -0.129. The van der Waals surface area contributed by atoms with E-state index in [-0.39, 0.29) is 11.3 Å². The van der Waals surface area contributed by atoms with Gasteiger partial charge in [0.15, 0.2) is 0 Å². The molecule has 174 valence electrons. The maximum atomic E-state index is 12.1. The lowest BCUT2D eigenvalue weighted by Crippen LogP contribution is -2.34. The number of nitrogens with one attached hydrogen (secondary N) is 2. The number of fused-ring (bicyclic) bond motifs is 1. The van der Waals surface area contributed by atoms with Gasteiger partial charge in [-0.25, -0.2) is 0 Å². The Morgan fingerprint density at radius 1 is 1.15 bits per heavy atom. The number of hydrogen-bond acceptors (Lipinski definition) is 7. The van der Waals surface area contributed by atoms with Gasteiger partial charge in [0, 0.05) is 37.2 Å². The van der Waals surface area contributed by atoms with Crippen molar-refractivity contribution in [2.45, 2.75) is 59.3 Å². The fourth-order valence-electron chi connectivity index (χ4n) is 4.11. The van der Waals surface area contributed by atoms with Crippen molar-refractivity contribution >= 4 is 28.8 Å². The third kappa shape index (κ3) is 6.13. The number of rotatable bonds is 10. The van der Waals surface area contributed by atoms with Gasteiger partial charge in [0.1, 0.15) is 10.8 Å². The molecular weight excluding hydrogens is 432 g/mol. The SMILES string of the molecule is CC(C)CNC(=O)c1nnc(CCCCC2=NN=C3NC(Cc4ccccc4)=CC3(C)C2)s1. The van der Waals surface area contributed by atoms with Crippen molar-refractivity contribution in [2.75, 3.05) is 6.54 Å². The maximum Gasteiger partial charge on any atom is 0.282 e. The summed E-state index contributed by atoms with van der Waals surface area (Å²) in [4.78, 5) is 12.1. The van der Waals surface area contributed by atoms with Crippen molar-refractivity contribution in [1.29, 1.82) is 0 Å². The van der Waals surface area contributed by atoms with Crippen LogP contribution in [-0.2, 0) is 12.8 Å². The first kappa shape index (κ1) is 23.3. The topological polar surface area (TPSA) is 91.6 Å². The van der Waals surface area contributed by atoms with E-state index >= 15 is 0 Å². The Morgan fingerprint density at radius 3 is 2.73 bits per heavy atom. The molecule has 0 saturated carbocycles. The molecule has 4 rings (SSSR count). The van der Waals surface area contributed by atoms with E-state index < -0.39 is 0 Å². The fourth-order valence-corrected chi connectivity index (χ4v) is 4.91. The zero-order valence-electron chi connectivity index (χ0n) is 19.6. The van der Waals surface area contributed by atoms with Gasteiger partial charge < -0.3 is 10.6 Å². The van der Waals surface area contributed by atoms with E-state index in [4.69, 9.17) is 0 Å². The van der Waals surface area contributed by atoms with E-state index in [9.17, 15) is 4.79 Å². The predicted octanol–water partition coefficient (Wildman–Crippen LogP) is 4.53. The second-order valence-corrected chi connectivity index (χ2v) is 10.5. The smallest absolute Gasteiger partial charge is 0.282 e. The Kier molecular flexibility index (Phi) is 7.33. The van der Waals surface area contributed by atoms with Crippen LogP contribution in [0.4, 0.5) is 0 Å². The molecule has 0 bridgehead atoms. The molecule has 7 nitrogen and oxygen atoms in total. The number of hydrogen-bond donors (Lipinski definition) is 2. The van der Waals surface area contributed by atoms with Gasteiger partial charge in [-0.2, -0.15) is 5.10 Å². The van der Waals surface area contributed by atoms with E-state index in [2.05, 4.69) is 82.1 Å². The Hall–Kier alpha value is -2.87. The monoisotopic (exact) mass is 464 g/mol. The summed E-state index contributed by atoms with van der Waals surface area (Å²) in [5.74, 6) is 1.24. The average molecular weight is 465 g/mol. The molecule has 2 aromatic rings. The van der Waals surface area contributed by atoms with E-state index in [1.165, 1.54) is 22.6 Å². The lowest BCUT2D eigenvalue weighted by molar-refractivity contribution is 0.0948. The van der Waals surface area contributed by atoms with Gasteiger partial charge >= 0.3 is 0 Å². The number of carbonyl (C=O) groups excluding carboxylic acids is 1.